The van der Waals surface area contributed by atoms with E-state index in [4.69, 9.17) is 19.5 Å². The number of nitrogens with zero attached hydrogens (tertiary/aromatic N) is 6. The number of carbonyl (C=O) groups is 6. The Morgan fingerprint density at radius 3 is 2.20 bits per heavy atom. The Bertz CT molecular complexity index is 2380. The van der Waals surface area contributed by atoms with E-state index in [1.165, 1.54) is 33.1 Å². The van der Waals surface area contributed by atoms with Crippen LogP contribution in [0.3, 0.4) is 0 Å². The van der Waals surface area contributed by atoms with Crippen molar-refractivity contribution in [2.75, 3.05) is 94.3 Å². The highest BCUT2D eigenvalue weighted by molar-refractivity contribution is 6.10. The van der Waals surface area contributed by atoms with Crippen molar-refractivity contribution in [2.45, 2.75) is 137 Å². The molecule has 4 fully saturated rings. The highest BCUT2D eigenvalue weighted by atomic mass is 16.5. The highest BCUT2D eigenvalue weighted by Crippen LogP contribution is 2.27. The number of anilines is 3. The molecule has 4 amide bonds. The number of nitrogens with one attached hydrogen (secondary N) is 4. The molecule has 5 heterocycles. The molecule has 4 aliphatic heterocycles. The quantitative estimate of drug-likeness (QED) is 0.0291. The number of hydrogen-bond acceptors (Lipinski definition) is 14. The van der Waals surface area contributed by atoms with Crippen LogP contribution in [0.5, 0.6) is 0 Å². The fourth-order valence-corrected chi connectivity index (χ4v) is 10.1. The van der Waals surface area contributed by atoms with Gasteiger partial charge in [0, 0.05) is 112 Å². The van der Waals surface area contributed by atoms with Crippen LogP contribution >= 0.6 is 0 Å². The van der Waals surface area contributed by atoms with E-state index in [1.807, 2.05) is 56.3 Å². The molecule has 2 aromatic carbocycles. The molecule has 4 saturated heterocycles. The lowest BCUT2D eigenvalue weighted by molar-refractivity contribution is -0.136. The van der Waals surface area contributed by atoms with E-state index in [0.717, 1.165) is 127 Å². The maximum absolute atomic E-state index is 13.4. The largest absolute Gasteiger partial charge is 0.382 e. The van der Waals surface area contributed by atoms with Crippen LogP contribution in [-0.4, -0.2) is 147 Å². The fraction of sp³-hybridized carbons (Fsp3) is 0.586. The van der Waals surface area contributed by atoms with Gasteiger partial charge >= 0.3 is 0 Å². The molecule has 408 valence electrons. The molecule has 4 aliphatic rings. The van der Waals surface area contributed by atoms with Crippen LogP contribution in [0.15, 0.2) is 48.5 Å². The first kappa shape index (κ1) is 59.7. The zero-order chi connectivity index (χ0) is 54.1. The van der Waals surface area contributed by atoms with Crippen molar-refractivity contribution in [3.8, 4) is 11.8 Å². The molecule has 17 nitrogen and oxygen atoms in total. The standard InChI is InChI=1S/C48H66N8O4.C8H13NO2.C2H5NO/c1-6-8-9-10-25-54(7-2)46-34-44(35(3)49-48(59)38-16-18-40(19-17-38)56-30-32-60-33-31-56)51-45(52-46)15-12-24-53-26-22-41(23-27-53)55-28-20-39(21-29-55)50-43-14-11-13-42(36(4)57)47(43)37(5)58;1-2-3-6-4-5-7(10)9-8(6)11;1-3-2-4/h11,13-14,16-19,34-35,39,41,50H,6-10,20-33H2,1-5H3,(H,49,59);6H,2-5H2,1H3,(H,9,10,11);2H,1H3,(H,3,4). The number of benzene rings is 2. The van der Waals surface area contributed by atoms with Crippen molar-refractivity contribution in [1.29, 1.82) is 0 Å². The minimum Gasteiger partial charge on any atom is -0.382 e. The second kappa shape index (κ2) is 31.6. The van der Waals surface area contributed by atoms with Crippen molar-refractivity contribution in [3.63, 3.8) is 0 Å². The van der Waals surface area contributed by atoms with E-state index in [1.54, 1.807) is 13.1 Å². The molecule has 4 N–H and O–H groups in total. The van der Waals surface area contributed by atoms with E-state index in [0.29, 0.717) is 61.1 Å². The fourth-order valence-electron chi connectivity index (χ4n) is 10.1. The van der Waals surface area contributed by atoms with Crippen LogP contribution in [0.1, 0.15) is 167 Å². The number of imide groups is 1. The average molecular weight is 1030 g/mol. The van der Waals surface area contributed by atoms with Gasteiger partial charge in [0.05, 0.1) is 37.1 Å². The van der Waals surface area contributed by atoms with Crippen LogP contribution in [0, 0.1) is 17.8 Å². The number of hydrogen-bond donors (Lipinski definition) is 4. The van der Waals surface area contributed by atoms with Gasteiger partial charge in [-0.1, -0.05) is 57.6 Å². The monoisotopic (exact) mass is 1030 g/mol. The first-order valence-corrected chi connectivity index (χ1v) is 27.5. The van der Waals surface area contributed by atoms with Crippen LogP contribution in [0.2, 0.25) is 0 Å². The minimum atomic E-state index is -0.340. The van der Waals surface area contributed by atoms with Gasteiger partial charge < -0.3 is 35.4 Å². The zero-order valence-electron chi connectivity index (χ0n) is 45.8. The maximum Gasteiger partial charge on any atom is 0.251 e. The number of rotatable bonds is 20. The average Bonchev–Trinajstić information content (AvgIpc) is 3.42. The lowest BCUT2D eigenvalue weighted by Crippen LogP contribution is -2.49. The summed E-state index contributed by atoms with van der Waals surface area (Å²) in [6, 6.07) is 15.8. The first-order chi connectivity index (χ1) is 36.3. The van der Waals surface area contributed by atoms with Gasteiger partial charge in [-0.3, -0.25) is 39.0 Å². The third kappa shape index (κ3) is 18.8. The Labute approximate surface area is 446 Å². The molecule has 75 heavy (non-hydrogen) atoms. The van der Waals surface area contributed by atoms with Crippen LogP contribution in [-0.2, 0) is 19.1 Å². The predicted octanol–water partition coefficient (Wildman–Crippen LogP) is 7.21. The predicted molar refractivity (Wildman–Crippen MR) is 296 cm³/mol. The van der Waals surface area contributed by atoms with Crippen molar-refractivity contribution < 1.29 is 33.5 Å². The van der Waals surface area contributed by atoms with Gasteiger partial charge in [0.25, 0.3) is 5.91 Å². The number of ketones is 2. The van der Waals surface area contributed by atoms with Gasteiger partial charge in [0.1, 0.15) is 5.82 Å². The topological polar surface area (TPSA) is 199 Å². The van der Waals surface area contributed by atoms with Gasteiger partial charge in [-0.2, -0.15) is 0 Å². The van der Waals surface area contributed by atoms with Gasteiger partial charge in [-0.25, -0.2) is 9.97 Å². The Morgan fingerprint density at radius 1 is 0.880 bits per heavy atom. The Balaban J connectivity index is 0.000000599. The first-order valence-electron chi connectivity index (χ1n) is 27.5. The van der Waals surface area contributed by atoms with E-state index in [9.17, 15) is 24.0 Å². The van der Waals surface area contributed by atoms with Crippen molar-refractivity contribution >= 4 is 52.9 Å². The zero-order valence-corrected chi connectivity index (χ0v) is 45.8. The maximum atomic E-state index is 13.4. The summed E-state index contributed by atoms with van der Waals surface area (Å²) in [5, 5.41) is 11.4. The third-order valence-corrected chi connectivity index (χ3v) is 14.4. The number of carbonyl (C=O) groups excluding carboxylic acids is 6. The summed E-state index contributed by atoms with van der Waals surface area (Å²) < 4.78 is 5.49. The lowest BCUT2D eigenvalue weighted by atomic mass is 9.94. The van der Waals surface area contributed by atoms with E-state index < -0.39 is 0 Å². The van der Waals surface area contributed by atoms with Crippen molar-refractivity contribution in [3.05, 3.63) is 76.7 Å². The lowest BCUT2D eigenvalue weighted by Gasteiger charge is -2.41. The summed E-state index contributed by atoms with van der Waals surface area (Å²) in [6.45, 7) is 21.0. The molecule has 1 aromatic heterocycles. The molecule has 3 aromatic rings. The van der Waals surface area contributed by atoms with Gasteiger partial charge in [-0.05, 0) is 109 Å². The van der Waals surface area contributed by atoms with E-state index in [2.05, 4.69) is 66.6 Å². The summed E-state index contributed by atoms with van der Waals surface area (Å²) in [5.74, 6) is 7.60. The molecule has 0 radical (unpaired) electrons. The van der Waals surface area contributed by atoms with Crippen LogP contribution in [0.4, 0.5) is 17.2 Å². The molecule has 0 saturated carbocycles. The summed E-state index contributed by atoms with van der Waals surface area (Å²) in [7, 11) is 1.56. The van der Waals surface area contributed by atoms with Crippen molar-refractivity contribution in [1.82, 2.24) is 35.7 Å². The Kier molecular flexibility index (Phi) is 25.1. The number of amides is 4. The number of piperidine rings is 3. The molecular weight excluding hydrogens is 949 g/mol. The molecular formula is C58H84N10O7. The molecule has 2 atom stereocenters. The van der Waals surface area contributed by atoms with Gasteiger partial charge in [0.15, 0.2) is 11.6 Å². The second-order valence-electron chi connectivity index (χ2n) is 19.9. The molecule has 0 aliphatic carbocycles. The third-order valence-electron chi connectivity index (χ3n) is 14.4. The normalized spacial score (nSPS) is 17.9. The molecule has 7 rings (SSSR count). The summed E-state index contributed by atoms with van der Waals surface area (Å²) in [6.07, 6.45) is 12.6. The van der Waals surface area contributed by atoms with E-state index >= 15 is 0 Å². The Morgan fingerprint density at radius 2 is 1.59 bits per heavy atom. The summed E-state index contributed by atoms with van der Waals surface area (Å²) >= 11 is 0. The molecule has 0 spiro atoms. The minimum absolute atomic E-state index is 0.0805. The van der Waals surface area contributed by atoms with Gasteiger partial charge in [-0.15, -0.1) is 0 Å². The second-order valence-corrected chi connectivity index (χ2v) is 19.9. The number of ether oxygens (including phenoxy) is 1. The van der Waals surface area contributed by atoms with Gasteiger partial charge in [0.2, 0.25) is 24.0 Å². The smallest absolute Gasteiger partial charge is 0.251 e. The summed E-state index contributed by atoms with van der Waals surface area (Å²) in [5.41, 5.74) is 4.22. The summed E-state index contributed by atoms with van der Waals surface area (Å²) in [4.78, 5) is 88.4. The van der Waals surface area contributed by atoms with Crippen molar-refractivity contribution in [2.24, 2.45) is 5.92 Å². The molecule has 17 heteroatoms. The molecule has 2 unspecified atom stereocenters. The number of morpholine rings is 1. The van der Waals surface area contributed by atoms with Crippen LogP contribution in [0.25, 0.3) is 0 Å². The van der Waals surface area contributed by atoms with E-state index in [-0.39, 0.29) is 47.3 Å². The molecule has 0 bridgehead atoms. The SMILES string of the molecule is CCCC1CCC(=O)NC1=O.CCCCCCN(CC)c1cc(C(C)NC(=O)c2ccc(N3CCOCC3)cc2)nc(C#CCN2CCC(N3CCC(Nc4cccc(C(C)=O)c4C(C)=O)CC3)CC2)n1.CNC=O. The number of aromatic nitrogens is 2. The Hall–Kier alpha value is -6.22. The number of Topliss-reactive ketones (excluding diaryl/α,β-unsaturated/α-hetero) is 2. The number of likely N-dealkylation sites (tertiary alicyclic amines) is 2. The number of unbranched alkanes of at least 4 members (excludes halogenated alkanes) is 3. The highest BCUT2D eigenvalue weighted by Gasteiger charge is 2.29. The van der Waals surface area contributed by atoms with Crippen LogP contribution < -0.4 is 31.1 Å².